The Kier molecular flexibility index (Phi) is 3.56. The van der Waals surface area contributed by atoms with Crippen LogP contribution in [0, 0.1) is 12.7 Å². The Balaban J connectivity index is 1.50. The van der Waals surface area contributed by atoms with E-state index < -0.39 is 0 Å². The number of amides is 1. The molecule has 0 bridgehead atoms. The highest BCUT2D eigenvalue weighted by molar-refractivity contribution is 6.06. The van der Waals surface area contributed by atoms with Gasteiger partial charge in [-0.3, -0.25) is 4.79 Å². The number of carbonyl (C=O) groups excluding carboxylic acids is 1. The summed E-state index contributed by atoms with van der Waals surface area (Å²) in [6.07, 6.45) is 3.44. The summed E-state index contributed by atoms with van der Waals surface area (Å²) in [6, 6.07) is 13.3. The van der Waals surface area contributed by atoms with Crippen molar-refractivity contribution < 1.29 is 9.18 Å². The fourth-order valence-corrected chi connectivity index (χ4v) is 4.18. The van der Waals surface area contributed by atoms with E-state index in [9.17, 15) is 9.18 Å². The number of halogens is 1. The van der Waals surface area contributed by atoms with Crippen LogP contribution in [0.5, 0.6) is 0 Å². The van der Waals surface area contributed by atoms with E-state index >= 15 is 0 Å². The number of para-hydroxylation sites is 1. The second-order valence-corrected chi connectivity index (χ2v) is 7.02. The number of benzene rings is 2. The molecule has 2 aliphatic rings. The van der Waals surface area contributed by atoms with E-state index in [1.165, 1.54) is 12.1 Å². The summed E-state index contributed by atoms with van der Waals surface area (Å²) in [4.78, 5) is 12.6. The molecule has 2 N–H and O–H groups in total. The average Bonchev–Trinajstić information content (AvgIpc) is 2.81. The number of hydrogen-bond acceptors (Lipinski definition) is 2. The van der Waals surface area contributed by atoms with Crippen molar-refractivity contribution in [3.05, 3.63) is 59.4 Å². The van der Waals surface area contributed by atoms with Gasteiger partial charge in [0, 0.05) is 17.4 Å². The van der Waals surface area contributed by atoms with E-state index in [0.29, 0.717) is 0 Å². The number of aryl methyl sites for hydroxylation is 1. The topological polar surface area (TPSA) is 41.1 Å². The third-order valence-electron chi connectivity index (χ3n) is 5.38. The maximum atomic E-state index is 13.5. The molecule has 0 radical (unpaired) electrons. The molecule has 24 heavy (non-hydrogen) atoms. The molecule has 4 rings (SSSR count). The Morgan fingerprint density at radius 1 is 1.17 bits per heavy atom. The maximum Gasteiger partial charge on any atom is 0.235 e. The van der Waals surface area contributed by atoms with Crippen LogP contribution in [0.2, 0.25) is 0 Å². The molecule has 1 spiro atoms. The van der Waals surface area contributed by atoms with Crippen LogP contribution in [0.4, 0.5) is 15.8 Å². The lowest BCUT2D eigenvalue weighted by molar-refractivity contribution is -0.122. The fraction of sp³-hybridized carbons (Fsp3) is 0.350. The molecule has 0 saturated heterocycles. The van der Waals surface area contributed by atoms with Crippen molar-refractivity contribution in [1.82, 2.24) is 0 Å². The molecule has 1 amide bonds. The highest BCUT2D eigenvalue weighted by atomic mass is 19.1. The van der Waals surface area contributed by atoms with Crippen molar-refractivity contribution >= 4 is 17.3 Å². The first-order chi connectivity index (χ1) is 11.6. The van der Waals surface area contributed by atoms with Gasteiger partial charge in [0.25, 0.3) is 0 Å². The number of hydrogen-bond donors (Lipinski definition) is 2. The third kappa shape index (κ3) is 2.46. The smallest absolute Gasteiger partial charge is 0.235 e. The van der Waals surface area contributed by atoms with Gasteiger partial charge in [0.1, 0.15) is 5.82 Å². The molecule has 1 fully saturated rings. The number of carbonyl (C=O) groups is 1. The molecular weight excluding hydrogens is 303 g/mol. The van der Waals surface area contributed by atoms with Crippen LogP contribution in [0.25, 0.3) is 0 Å². The highest BCUT2D eigenvalue weighted by Crippen LogP contribution is 2.47. The molecule has 124 valence electrons. The van der Waals surface area contributed by atoms with Gasteiger partial charge in [-0.2, -0.15) is 0 Å². The van der Waals surface area contributed by atoms with E-state index in [2.05, 4.69) is 16.7 Å². The van der Waals surface area contributed by atoms with Crippen molar-refractivity contribution in [1.29, 1.82) is 0 Å². The lowest BCUT2D eigenvalue weighted by Gasteiger charge is -2.36. The van der Waals surface area contributed by atoms with Gasteiger partial charge in [0.15, 0.2) is 0 Å². The number of nitrogens with one attached hydrogen (secondary N) is 2. The molecule has 1 aliphatic heterocycles. The predicted molar refractivity (Wildman–Crippen MR) is 93.8 cm³/mol. The summed E-state index contributed by atoms with van der Waals surface area (Å²) in [5.74, 6) is -0.0855. The normalized spacial score (nSPS) is 25.4. The summed E-state index contributed by atoms with van der Waals surface area (Å²) < 4.78 is 13.5. The number of rotatable bonds is 2. The van der Waals surface area contributed by atoms with Gasteiger partial charge >= 0.3 is 0 Å². The molecule has 3 nitrogen and oxygen atoms in total. The van der Waals surface area contributed by atoms with Crippen LogP contribution in [0.1, 0.15) is 36.8 Å². The zero-order valence-electron chi connectivity index (χ0n) is 13.7. The van der Waals surface area contributed by atoms with Gasteiger partial charge in [-0.15, -0.1) is 0 Å². The highest BCUT2D eigenvalue weighted by Gasteiger charge is 2.48. The van der Waals surface area contributed by atoms with Crippen molar-refractivity contribution in [2.24, 2.45) is 0 Å². The first-order valence-corrected chi connectivity index (χ1v) is 8.51. The molecule has 1 saturated carbocycles. The molecule has 4 heteroatoms. The minimum atomic E-state index is -0.382. The molecule has 2 aromatic carbocycles. The Morgan fingerprint density at radius 2 is 1.92 bits per heavy atom. The summed E-state index contributed by atoms with van der Waals surface area (Å²) in [5, 5.41) is 6.46. The Morgan fingerprint density at radius 3 is 2.67 bits per heavy atom. The summed E-state index contributed by atoms with van der Waals surface area (Å²) in [7, 11) is 0. The Bertz CT molecular complexity index is 774. The lowest BCUT2D eigenvalue weighted by atomic mass is 9.69. The average molecular weight is 324 g/mol. The molecule has 0 unspecified atom stereocenters. The molecule has 0 aromatic heterocycles. The predicted octanol–water partition coefficient (Wildman–Crippen LogP) is 4.38. The van der Waals surface area contributed by atoms with Gasteiger partial charge < -0.3 is 10.6 Å². The number of fused-ring (bicyclic) bond motifs is 2. The monoisotopic (exact) mass is 324 g/mol. The summed E-state index contributed by atoms with van der Waals surface area (Å²) >= 11 is 0. The van der Waals surface area contributed by atoms with Crippen molar-refractivity contribution in [2.45, 2.75) is 44.1 Å². The first kappa shape index (κ1) is 15.2. The van der Waals surface area contributed by atoms with Gasteiger partial charge in [0.2, 0.25) is 5.91 Å². The van der Waals surface area contributed by atoms with Gasteiger partial charge in [-0.05, 0) is 68.0 Å². The van der Waals surface area contributed by atoms with Crippen molar-refractivity contribution in [3.63, 3.8) is 0 Å². The van der Waals surface area contributed by atoms with E-state index in [4.69, 9.17) is 0 Å². The van der Waals surface area contributed by atoms with Crippen LogP contribution in [-0.2, 0) is 10.2 Å². The SMILES string of the molecule is Cc1cc(F)cc(NC2CCC3(CC2)C(=O)Nc2ccccc23)c1. The van der Waals surface area contributed by atoms with Gasteiger partial charge in [0.05, 0.1) is 5.41 Å². The van der Waals surface area contributed by atoms with Gasteiger partial charge in [-0.25, -0.2) is 4.39 Å². The molecule has 0 atom stereocenters. The van der Waals surface area contributed by atoms with Crippen LogP contribution in [-0.4, -0.2) is 11.9 Å². The van der Waals surface area contributed by atoms with Crippen LogP contribution in [0.3, 0.4) is 0 Å². The number of anilines is 2. The molecular formula is C20H21FN2O. The minimum Gasteiger partial charge on any atom is -0.382 e. The van der Waals surface area contributed by atoms with E-state index in [-0.39, 0.29) is 23.2 Å². The van der Waals surface area contributed by atoms with Gasteiger partial charge in [-0.1, -0.05) is 18.2 Å². The van der Waals surface area contributed by atoms with Crippen LogP contribution >= 0.6 is 0 Å². The Hall–Kier alpha value is -2.36. The minimum absolute atomic E-state index is 0.128. The second-order valence-electron chi connectivity index (χ2n) is 7.02. The Labute approximate surface area is 141 Å². The lowest BCUT2D eigenvalue weighted by Crippen LogP contribution is -2.41. The van der Waals surface area contributed by atoms with Crippen molar-refractivity contribution in [2.75, 3.05) is 10.6 Å². The second kappa shape index (κ2) is 5.62. The quantitative estimate of drug-likeness (QED) is 0.861. The zero-order chi connectivity index (χ0) is 16.7. The fourth-order valence-electron chi connectivity index (χ4n) is 4.18. The van der Waals surface area contributed by atoms with E-state index in [0.717, 1.165) is 48.2 Å². The first-order valence-electron chi connectivity index (χ1n) is 8.51. The molecule has 2 aromatic rings. The summed E-state index contributed by atoms with van der Waals surface area (Å²) in [6.45, 7) is 1.89. The third-order valence-corrected chi connectivity index (χ3v) is 5.38. The summed E-state index contributed by atoms with van der Waals surface area (Å²) in [5.41, 5.74) is 3.44. The standard InChI is InChI=1S/C20H21FN2O/c1-13-10-14(21)12-16(11-13)22-15-6-8-20(9-7-15)17-4-2-3-5-18(17)23-19(20)24/h2-5,10-12,15,22H,6-9H2,1H3,(H,23,24). The molecule has 1 aliphatic carbocycles. The zero-order valence-corrected chi connectivity index (χ0v) is 13.7. The van der Waals surface area contributed by atoms with Crippen LogP contribution < -0.4 is 10.6 Å². The molecule has 1 heterocycles. The van der Waals surface area contributed by atoms with E-state index in [1.807, 2.05) is 31.2 Å². The van der Waals surface area contributed by atoms with E-state index in [1.54, 1.807) is 0 Å². The van der Waals surface area contributed by atoms with Crippen LogP contribution in [0.15, 0.2) is 42.5 Å². The maximum absolute atomic E-state index is 13.5. The largest absolute Gasteiger partial charge is 0.382 e. The van der Waals surface area contributed by atoms with Crippen molar-refractivity contribution in [3.8, 4) is 0 Å².